The number of amides is 2. The molecule has 0 spiro atoms. The largest absolute Gasteiger partial charge is 0.376 e. The van der Waals surface area contributed by atoms with E-state index in [9.17, 15) is 9.59 Å². The molecule has 0 aromatic heterocycles. The van der Waals surface area contributed by atoms with Crippen molar-refractivity contribution in [3.63, 3.8) is 0 Å². The minimum atomic E-state index is -0.328. The first-order valence-corrected chi connectivity index (χ1v) is 10.6. The van der Waals surface area contributed by atoms with Crippen molar-refractivity contribution in [2.45, 2.75) is 51.9 Å². The van der Waals surface area contributed by atoms with Crippen LogP contribution < -0.4 is 5.32 Å². The monoisotopic (exact) mass is 403 g/mol. The van der Waals surface area contributed by atoms with Gasteiger partial charge in [0.1, 0.15) is 6.04 Å². The van der Waals surface area contributed by atoms with Gasteiger partial charge in [-0.1, -0.05) is 12.1 Å². The summed E-state index contributed by atoms with van der Waals surface area (Å²) in [4.78, 5) is 27.8. The van der Waals surface area contributed by atoms with Crippen molar-refractivity contribution in [2.24, 2.45) is 0 Å². The number of piperazine rings is 1. The van der Waals surface area contributed by atoms with Crippen molar-refractivity contribution in [1.29, 1.82) is 0 Å². The number of hydrogen-bond acceptors (Lipinski definition) is 5. The minimum Gasteiger partial charge on any atom is -0.376 e. The third-order valence-corrected chi connectivity index (χ3v) is 5.56. The van der Waals surface area contributed by atoms with E-state index in [2.05, 4.69) is 5.32 Å². The number of carbonyl (C=O) groups is 2. The van der Waals surface area contributed by atoms with Crippen molar-refractivity contribution in [2.75, 3.05) is 44.7 Å². The van der Waals surface area contributed by atoms with E-state index in [1.165, 1.54) is 6.42 Å². The quantitative estimate of drug-likeness (QED) is 0.756. The topological polar surface area (TPSA) is 71.1 Å². The van der Waals surface area contributed by atoms with E-state index in [-0.39, 0.29) is 24.0 Å². The van der Waals surface area contributed by atoms with E-state index < -0.39 is 0 Å². The van der Waals surface area contributed by atoms with Crippen molar-refractivity contribution in [3.05, 3.63) is 29.8 Å². The molecule has 1 aromatic carbocycles. The van der Waals surface area contributed by atoms with Gasteiger partial charge in [0.15, 0.2) is 0 Å². The normalized spacial score (nSPS) is 21.0. The van der Waals surface area contributed by atoms with Gasteiger partial charge in [-0.15, -0.1) is 0 Å². The molecule has 2 unspecified atom stereocenters. The van der Waals surface area contributed by atoms with E-state index in [0.29, 0.717) is 39.4 Å². The molecule has 2 amide bonds. The molecule has 2 aliphatic heterocycles. The molecule has 0 radical (unpaired) electrons. The Balaban J connectivity index is 1.45. The number of benzene rings is 1. The van der Waals surface area contributed by atoms with Gasteiger partial charge in [0.05, 0.1) is 19.3 Å². The Bertz CT molecular complexity index is 682. The van der Waals surface area contributed by atoms with Crippen LogP contribution >= 0.6 is 0 Å². The van der Waals surface area contributed by atoms with Crippen LogP contribution in [0.5, 0.6) is 0 Å². The van der Waals surface area contributed by atoms with E-state index in [1.807, 2.05) is 36.1 Å². The number of nitrogens with one attached hydrogen (secondary N) is 1. The Morgan fingerprint density at radius 3 is 2.66 bits per heavy atom. The molecular formula is C22H33N3O4. The third-order valence-electron chi connectivity index (χ3n) is 5.56. The van der Waals surface area contributed by atoms with Crippen LogP contribution in [0.25, 0.3) is 0 Å². The van der Waals surface area contributed by atoms with Crippen molar-refractivity contribution in [3.8, 4) is 0 Å². The first-order chi connectivity index (χ1) is 14.0. The maximum absolute atomic E-state index is 12.7. The maximum atomic E-state index is 12.7. The van der Waals surface area contributed by atoms with Gasteiger partial charge in [-0.2, -0.15) is 0 Å². The van der Waals surface area contributed by atoms with Crippen molar-refractivity contribution >= 4 is 17.5 Å². The SMILES string of the molecule is CC(=O)N1CCN(C(=O)C(C)Nc2cccc(COCC3CCCCO3)c2)CC1. The molecule has 7 heteroatoms. The van der Waals surface area contributed by atoms with Crippen LogP contribution in [0.3, 0.4) is 0 Å². The summed E-state index contributed by atoms with van der Waals surface area (Å²) in [5.41, 5.74) is 1.98. The number of nitrogens with zero attached hydrogens (tertiary/aromatic N) is 2. The lowest BCUT2D eigenvalue weighted by Crippen LogP contribution is -2.53. The highest BCUT2D eigenvalue weighted by Crippen LogP contribution is 2.16. The van der Waals surface area contributed by atoms with Gasteiger partial charge in [0, 0.05) is 45.4 Å². The average Bonchev–Trinajstić information content (AvgIpc) is 2.74. The molecule has 3 rings (SSSR count). The molecule has 1 N–H and O–H groups in total. The van der Waals surface area contributed by atoms with E-state index in [0.717, 1.165) is 30.7 Å². The summed E-state index contributed by atoms with van der Waals surface area (Å²) in [5.74, 6) is 0.127. The lowest BCUT2D eigenvalue weighted by atomic mass is 10.1. The molecule has 2 atom stereocenters. The minimum absolute atomic E-state index is 0.0595. The second-order valence-electron chi connectivity index (χ2n) is 7.90. The van der Waals surface area contributed by atoms with Gasteiger partial charge >= 0.3 is 0 Å². The first-order valence-electron chi connectivity index (χ1n) is 10.6. The molecule has 1 aromatic rings. The summed E-state index contributed by atoms with van der Waals surface area (Å²) in [6.45, 7) is 7.82. The van der Waals surface area contributed by atoms with Gasteiger partial charge < -0.3 is 24.6 Å². The second-order valence-corrected chi connectivity index (χ2v) is 7.90. The number of ether oxygens (including phenoxy) is 2. The van der Waals surface area contributed by atoms with E-state index in [1.54, 1.807) is 11.8 Å². The number of rotatable bonds is 7. The molecule has 2 saturated heterocycles. The van der Waals surface area contributed by atoms with Crippen LogP contribution in [0.2, 0.25) is 0 Å². The predicted octanol–water partition coefficient (Wildman–Crippen LogP) is 2.26. The lowest BCUT2D eigenvalue weighted by molar-refractivity contribution is -0.138. The van der Waals surface area contributed by atoms with Gasteiger partial charge in [0.25, 0.3) is 0 Å². The Labute approximate surface area is 173 Å². The molecule has 0 bridgehead atoms. The molecule has 160 valence electrons. The summed E-state index contributed by atoms with van der Waals surface area (Å²) in [6.07, 6.45) is 3.64. The summed E-state index contributed by atoms with van der Waals surface area (Å²) in [6, 6.07) is 7.66. The highest BCUT2D eigenvalue weighted by Gasteiger charge is 2.25. The second kappa shape index (κ2) is 10.6. The van der Waals surface area contributed by atoms with Gasteiger partial charge in [0.2, 0.25) is 11.8 Å². The highest BCUT2D eigenvalue weighted by atomic mass is 16.5. The van der Waals surface area contributed by atoms with Crippen LogP contribution in [0.4, 0.5) is 5.69 Å². The number of hydrogen-bond donors (Lipinski definition) is 1. The summed E-state index contributed by atoms with van der Waals surface area (Å²) in [7, 11) is 0. The molecule has 29 heavy (non-hydrogen) atoms. The van der Waals surface area contributed by atoms with Crippen LogP contribution in [0.15, 0.2) is 24.3 Å². The number of carbonyl (C=O) groups excluding carboxylic acids is 2. The maximum Gasteiger partial charge on any atom is 0.244 e. The molecular weight excluding hydrogens is 370 g/mol. The third kappa shape index (κ3) is 6.44. The van der Waals surface area contributed by atoms with Gasteiger partial charge in [-0.05, 0) is 43.9 Å². The zero-order valence-electron chi connectivity index (χ0n) is 17.6. The van der Waals surface area contributed by atoms with Crippen LogP contribution in [-0.4, -0.2) is 73.2 Å². The highest BCUT2D eigenvalue weighted by molar-refractivity contribution is 5.84. The van der Waals surface area contributed by atoms with Gasteiger partial charge in [-0.3, -0.25) is 9.59 Å². The molecule has 0 saturated carbocycles. The lowest BCUT2D eigenvalue weighted by Gasteiger charge is -2.35. The molecule has 7 nitrogen and oxygen atoms in total. The van der Waals surface area contributed by atoms with Crippen molar-refractivity contribution in [1.82, 2.24) is 9.80 Å². The van der Waals surface area contributed by atoms with Gasteiger partial charge in [-0.25, -0.2) is 0 Å². The molecule has 2 fully saturated rings. The fraction of sp³-hybridized carbons (Fsp3) is 0.636. The smallest absolute Gasteiger partial charge is 0.244 e. The van der Waals surface area contributed by atoms with E-state index >= 15 is 0 Å². The Hall–Kier alpha value is -2.12. The average molecular weight is 404 g/mol. The zero-order chi connectivity index (χ0) is 20.6. The summed E-state index contributed by atoms with van der Waals surface area (Å²) >= 11 is 0. The number of anilines is 1. The zero-order valence-corrected chi connectivity index (χ0v) is 17.6. The van der Waals surface area contributed by atoms with Crippen LogP contribution in [-0.2, 0) is 25.7 Å². The fourth-order valence-electron chi connectivity index (χ4n) is 3.83. The Morgan fingerprint density at radius 2 is 1.97 bits per heavy atom. The van der Waals surface area contributed by atoms with Crippen LogP contribution in [0.1, 0.15) is 38.7 Å². The summed E-state index contributed by atoms with van der Waals surface area (Å²) < 4.78 is 11.5. The summed E-state index contributed by atoms with van der Waals surface area (Å²) in [5, 5.41) is 3.30. The first kappa shape index (κ1) is 21.6. The Kier molecular flexibility index (Phi) is 7.89. The fourth-order valence-corrected chi connectivity index (χ4v) is 3.83. The van der Waals surface area contributed by atoms with E-state index in [4.69, 9.17) is 9.47 Å². The van der Waals surface area contributed by atoms with Crippen molar-refractivity contribution < 1.29 is 19.1 Å². The molecule has 2 aliphatic rings. The molecule has 2 heterocycles. The molecule has 0 aliphatic carbocycles. The Morgan fingerprint density at radius 1 is 1.21 bits per heavy atom. The standard InChI is InChI=1S/C22H33N3O4/c1-17(22(27)25-11-9-24(10-12-25)18(2)26)23-20-7-5-6-19(14-20)15-28-16-21-8-3-4-13-29-21/h5-7,14,17,21,23H,3-4,8-13,15-16H2,1-2H3. The van der Waals surface area contributed by atoms with Crippen LogP contribution in [0, 0.1) is 0 Å². The predicted molar refractivity (Wildman–Crippen MR) is 112 cm³/mol.